The van der Waals surface area contributed by atoms with Crippen molar-refractivity contribution in [3.8, 4) is 0 Å². The number of nitrogen functional groups attached to an aromatic ring is 1. The molecule has 1 fully saturated rings. The van der Waals surface area contributed by atoms with Crippen molar-refractivity contribution in [2.24, 2.45) is 0 Å². The molecule has 0 spiro atoms. The summed E-state index contributed by atoms with van der Waals surface area (Å²) in [7, 11) is 0. The largest absolute Gasteiger partial charge is 0.368 e. The fourth-order valence-corrected chi connectivity index (χ4v) is 2.67. The molecular weight excluding hydrogens is 297 g/mol. The monoisotopic (exact) mass is 315 g/mol. The van der Waals surface area contributed by atoms with Gasteiger partial charge in [0, 0.05) is 30.4 Å². The molecule has 0 bridgehead atoms. The van der Waals surface area contributed by atoms with E-state index in [1.54, 1.807) is 23.2 Å². The van der Waals surface area contributed by atoms with Gasteiger partial charge in [-0.3, -0.25) is 4.79 Å². The number of hydrogen-bond donors (Lipinski definition) is 2. The Bertz CT molecular complexity index is 719. The highest BCUT2D eigenvalue weighted by molar-refractivity contribution is 5.96. The Morgan fingerprint density at radius 1 is 1.39 bits per heavy atom. The second-order valence-electron chi connectivity index (χ2n) is 5.48. The van der Waals surface area contributed by atoms with E-state index in [1.807, 2.05) is 6.92 Å². The van der Waals surface area contributed by atoms with Crippen molar-refractivity contribution in [3.05, 3.63) is 41.8 Å². The highest BCUT2D eigenvalue weighted by Gasteiger charge is 2.31. The van der Waals surface area contributed by atoms with Crippen LogP contribution in [-0.4, -0.2) is 28.5 Å². The van der Waals surface area contributed by atoms with Gasteiger partial charge >= 0.3 is 0 Å². The third-order valence-corrected chi connectivity index (χ3v) is 3.87. The number of benzene rings is 1. The zero-order valence-corrected chi connectivity index (χ0v) is 12.8. The lowest BCUT2D eigenvalue weighted by molar-refractivity contribution is -0.117. The molecule has 7 heteroatoms. The summed E-state index contributed by atoms with van der Waals surface area (Å²) in [5.41, 5.74) is 7.29. The average Bonchev–Trinajstić information content (AvgIpc) is 2.89. The lowest BCUT2D eigenvalue weighted by Crippen LogP contribution is -2.28. The first-order valence-corrected chi connectivity index (χ1v) is 7.50. The molecule has 1 atom stereocenters. The van der Waals surface area contributed by atoms with Crippen molar-refractivity contribution in [1.29, 1.82) is 0 Å². The van der Waals surface area contributed by atoms with Crippen LogP contribution in [0.3, 0.4) is 0 Å². The molecule has 0 aliphatic carbocycles. The van der Waals surface area contributed by atoms with Gasteiger partial charge in [0.2, 0.25) is 11.9 Å². The quantitative estimate of drug-likeness (QED) is 0.901. The summed E-state index contributed by atoms with van der Waals surface area (Å²) in [6, 6.07) is 5.84. The van der Waals surface area contributed by atoms with Gasteiger partial charge in [-0.05, 0) is 30.7 Å². The number of amides is 1. The molecule has 1 saturated heterocycles. The molecule has 0 radical (unpaired) electrons. The van der Waals surface area contributed by atoms with Crippen LogP contribution in [0.15, 0.2) is 30.5 Å². The molecule has 1 aliphatic rings. The molecule has 2 heterocycles. The Morgan fingerprint density at radius 2 is 2.13 bits per heavy atom. The summed E-state index contributed by atoms with van der Waals surface area (Å²) in [6.07, 6.45) is 2.81. The van der Waals surface area contributed by atoms with Gasteiger partial charge in [-0.15, -0.1) is 0 Å². The number of rotatable bonds is 4. The predicted octanol–water partition coefficient (Wildman–Crippen LogP) is 1.98. The minimum atomic E-state index is -0.320. The van der Waals surface area contributed by atoms with Crippen LogP contribution in [0, 0.1) is 5.82 Å². The molecule has 0 saturated carbocycles. The number of aromatic nitrogens is 2. The second kappa shape index (κ2) is 6.20. The van der Waals surface area contributed by atoms with E-state index in [4.69, 9.17) is 5.73 Å². The Morgan fingerprint density at radius 3 is 2.83 bits per heavy atom. The van der Waals surface area contributed by atoms with E-state index in [0.717, 1.165) is 12.0 Å². The van der Waals surface area contributed by atoms with Crippen LogP contribution in [0.25, 0.3) is 0 Å². The molecule has 3 rings (SSSR count). The number of halogens is 1. The fourth-order valence-electron chi connectivity index (χ4n) is 2.67. The maximum atomic E-state index is 13.0. The van der Waals surface area contributed by atoms with Gasteiger partial charge in [-0.1, -0.05) is 6.92 Å². The molecule has 2 aromatic rings. The number of anilines is 3. The zero-order chi connectivity index (χ0) is 16.4. The van der Waals surface area contributed by atoms with Crippen LogP contribution >= 0.6 is 0 Å². The van der Waals surface area contributed by atoms with E-state index in [9.17, 15) is 9.18 Å². The number of aryl methyl sites for hydroxylation is 1. The van der Waals surface area contributed by atoms with E-state index in [2.05, 4.69) is 15.3 Å². The van der Waals surface area contributed by atoms with E-state index in [1.165, 1.54) is 12.1 Å². The summed E-state index contributed by atoms with van der Waals surface area (Å²) in [5, 5.41) is 3.28. The number of carbonyl (C=O) groups is 1. The number of nitrogens with zero attached hydrogens (tertiary/aromatic N) is 3. The van der Waals surface area contributed by atoms with Crippen LogP contribution in [0.4, 0.5) is 21.8 Å². The SMILES string of the molecule is CCc1cnc(N)nc1N[C@H]1CC(=O)N(c2ccc(F)cc2)C1. The molecule has 23 heavy (non-hydrogen) atoms. The minimum absolute atomic E-state index is 0.00538. The maximum absolute atomic E-state index is 13.0. The molecular formula is C16H18FN5O. The minimum Gasteiger partial charge on any atom is -0.368 e. The summed E-state index contributed by atoms with van der Waals surface area (Å²) < 4.78 is 13.0. The van der Waals surface area contributed by atoms with Gasteiger partial charge in [0.1, 0.15) is 11.6 Å². The summed E-state index contributed by atoms with van der Waals surface area (Å²) in [4.78, 5) is 22.1. The van der Waals surface area contributed by atoms with E-state index < -0.39 is 0 Å². The molecule has 1 aromatic carbocycles. The van der Waals surface area contributed by atoms with Crippen molar-refractivity contribution in [2.75, 3.05) is 22.5 Å². The van der Waals surface area contributed by atoms with E-state index in [0.29, 0.717) is 24.5 Å². The standard InChI is InChI=1S/C16H18FN5O/c1-2-10-8-19-16(18)21-15(10)20-12-7-14(23)22(9-12)13-5-3-11(17)4-6-13/h3-6,8,12H,2,7,9H2,1H3,(H3,18,19,20,21)/t12-/m0/s1. The van der Waals surface area contributed by atoms with Crippen LogP contribution in [0.5, 0.6) is 0 Å². The lowest BCUT2D eigenvalue weighted by atomic mass is 10.2. The van der Waals surface area contributed by atoms with E-state index in [-0.39, 0.29) is 23.7 Å². The summed E-state index contributed by atoms with van der Waals surface area (Å²) in [5.74, 6) is 0.538. The number of nitrogens with one attached hydrogen (secondary N) is 1. The molecule has 120 valence electrons. The van der Waals surface area contributed by atoms with Gasteiger partial charge in [0.15, 0.2) is 0 Å². The highest BCUT2D eigenvalue weighted by Crippen LogP contribution is 2.24. The smallest absolute Gasteiger partial charge is 0.229 e. The molecule has 0 unspecified atom stereocenters. The van der Waals surface area contributed by atoms with Gasteiger partial charge in [0.05, 0.1) is 6.04 Å². The number of nitrogens with two attached hydrogens (primary N) is 1. The molecule has 1 amide bonds. The third-order valence-electron chi connectivity index (χ3n) is 3.87. The van der Waals surface area contributed by atoms with Crippen molar-refractivity contribution < 1.29 is 9.18 Å². The summed E-state index contributed by atoms with van der Waals surface area (Å²) in [6.45, 7) is 2.50. The van der Waals surface area contributed by atoms with Gasteiger partial charge in [-0.2, -0.15) is 4.98 Å². The van der Waals surface area contributed by atoms with Crippen LogP contribution in [0.1, 0.15) is 18.9 Å². The number of hydrogen-bond acceptors (Lipinski definition) is 5. The molecule has 1 aliphatic heterocycles. The van der Waals surface area contributed by atoms with E-state index >= 15 is 0 Å². The molecule has 1 aromatic heterocycles. The second-order valence-corrected chi connectivity index (χ2v) is 5.48. The van der Waals surface area contributed by atoms with Crippen molar-refractivity contribution in [2.45, 2.75) is 25.8 Å². The van der Waals surface area contributed by atoms with Crippen molar-refractivity contribution in [1.82, 2.24) is 9.97 Å². The third kappa shape index (κ3) is 3.23. The van der Waals surface area contributed by atoms with Crippen molar-refractivity contribution in [3.63, 3.8) is 0 Å². The first-order valence-electron chi connectivity index (χ1n) is 7.50. The predicted molar refractivity (Wildman–Crippen MR) is 86.6 cm³/mol. The van der Waals surface area contributed by atoms with Gasteiger partial charge in [0.25, 0.3) is 0 Å². The van der Waals surface area contributed by atoms with Gasteiger partial charge in [-0.25, -0.2) is 9.37 Å². The lowest BCUT2D eigenvalue weighted by Gasteiger charge is -2.18. The Balaban J connectivity index is 1.75. The van der Waals surface area contributed by atoms with Crippen LogP contribution in [-0.2, 0) is 11.2 Å². The Kier molecular flexibility index (Phi) is 4.10. The summed E-state index contributed by atoms with van der Waals surface area (Å²) >= 11 is 0. The van der Waals surface area contributed by atoms with Crippen LogP contribution in [0.2, 0.25) is 0 Å². The van der Waals surface area contributed by atoms with Crippen LogP contribution < -0.4 is 16.0 Å². The van der Waals surface area contributed by atoms with Gasteiger partial charge < -0.3 is 16.0 Å². The fraction of sp³-hybridized carbons (Fsp3) is 0.312. The Labute approximate surface area is 133 Å². The first kappa shape index (κ1) is 15.2. The Hall–Kier alpha value is -2.70. The average molecular weight is 315 g/mol. The number of carbonyl (C=O) groups excluding carboxylic acids is 1. The highest BCUT2D eigenvalue weighted by atomic mass is 19.1. The first-order chi connectivity index (χ1) is 11.1. The molecule has 3 N–H and O–H groups in total. The normalized spacial score (nSPS) is 17.6. The zero-order valence-electron chi connectivity index (χ0n) is 12.8. The topological polar surface area (TPSA) is 84.1 Å². The maximum Gasteiger partial charge on any atom is 0.229 e. The molecule has 6 nitrogen and oxygen atoms in total. The van der Waals surface area contributed by atoms with Crippen molar-refractivity contribution >= 4 is 23.4 Å².